The molecule has 0 saturated carbocycles. The van der Waals surface area contributed by atoms with Gasteiger partial charge in [-0.3, -0.25) is 14.7 Å². The molecular weight excluding hydrogens is 452 g/mol. The van der Waals surface area contributed by atoms with Gasteiger partial charge >= 0.3 is 0 Å². The lowest BCUT2D eigenvalue weighted by Crippen LogP contribution is -2.37. The van der Waals surface area contributed by atoms with Crippen LogP contribution >= 0.6 is 0 Å². The highest BCUT2D eigenvalue weighted by molar-refractivity contribution is 5.78. The third-order valence-corrected chi connectivity index (χ3v) is 7.12. The van der Waals surface area contributed by atoms with E-state index in [0.717, 1.165) is 79.7 Å². The zero-order valence-corrected chi connectivity index (χ0v) is 21.1. The molecule has 1 N–H and O–H groups in total. The number of rotatable bonds is 8. The van der Waals surface area contributed by atoms with Crippen LogP contribution in [-0.2, 0) is 24.3 Å². The summed E-state index contributed by atoms with van der Waals surface area (Å²) in [5.74, 6) is 2.75. The van der Waals surface area contributed by atoms with Gasteiger partial charge in [0.05, 0.1) is 31.9 Å². The minimum Gasteiger partial charge on any atom is -0.496 e. The summed E-state index contributed by atoms with van der Waals surface area (Å²) >= 11 is 0. The fourth-order valence-corrected chi connectivity index (χ4v) is 5.29. The number of aryl methyl sites for hydroxylation is 1. The fourth-order valence-electron chi connectivity index (χ4n) is 5.29. The van der Waals surface area contributed by atoms with E-state index in [0.29, 0.717) is 13.1 Å². The first-order valence-corrected chi connectivity index (χ1v) is 12.8. The van der Waals surface area contributed by atoms with Crippen LogP contribution in [0.3, 0.4) is 0 Å². The quantitative estimate of drug-likeness (QED) is 0.521. The van der Waals surface area contributed by atoms with Gasteiger partial charge in [0.15, 0.2) is 0 Å². The molecule has 1 saturated heterocycles. The third kappa shape index (κ3) is 5.33. The van der Waals surface area contributed by atoms with Gasteiger partial charge in [0.1, 0.15) is 17.4 Å². The summed E-state index contributed by atoms with van der Waals surface area (Å²) in [5.41, 5.74) is 4.29. The number of para-hydroxylation sites is 1. The van der Waals surface area contributed by atoms with Gasteiger partial charge < -0.3 is 15.0 Å². The maximum absolute atomic E-state index is 12.7. The SMILES string of the molecule is COc1ccccc1CN1CCCc2c(C)nc([C@@H]3CCCN3CC(=O)NCc3ccccn3)nc21. The van der Waals surface area contributed by atoms with Crippen molar-refractivity contribution in [2.24, 2.45) is 0 Å². The van der Waals surface area contributed by atoms with E-state index in [1.807, 2.05) is 30.3 Å². The molecule has 5 rings (SSSR count). The van der Waals surface area contributed by atoms with Crippen LogP contribution in [0, 0.1) is 6.92 Å². The zero-order valence-electron chi connectivity index (χ0n) is 21.1. The van der Waals surface area contributed by atoms with E-state index < -0.39 is 0 Å². The van der Waals surface area contributed by atoms with Crippen LogP contribution in [0.15, 0.2) is 48.7 Å². The summed E-state index contributed by atoms with van der Waals surface area (Å²) in [4.78, 5) is 31.7. The van der Waals surface area contributed by atoms with Gasteiger partial charge in [0.2, 0.25) is 5.91 Å². The Morgan fingerprint density at radius 3 is 2.81 bits per heavy atom. The van der Waals surface area contributed by atoms with Crippen LogP contribution < -0.4 is 15.0 Å². The first-order valence-electron chi connectivity index (χ1n) is 12.8. The Morgan fingerprint density at radius 2 is 1.97 bits per heavy atom. The Balaban J connectivity index is 1.33. The standard InChI is InChI=1S/C28H34N6O2/c1-20-23-11-7-16-34(18-21-9-3-4-13-25(21)36-2)28(23)32-27(31-20)24-12-8-15-33(24)19-26(35)30-17-22-10-5-6-14-29-22/h3-6,9-10,13-14,24H,7-8,11-12,15-19H2,1-2H3,(H,30,35)/t24-/m0/s1. The molecule has 1 amide bonds. The summed E-state index contributed by atoms with van der Waals surface area (Å²) in [6, 6.07) is 13.9. The minimum atomic E-state index is 0.0000316. The highest BCUT2D eigenvalue weighted by atomic mass is 16.5. The van der Waals surface area contributed by atoms with Gasteiger partial charge in [-0.05, 0) is 57.4 Å². The minimum absolute atomic E-state index is 0.0000316. The Morgan fingerprint density at radius 1 is 1.11 bits per heavy atom. The van der Waals surface area contributed by atoms with Crippen molar-refractivity contribution < 1.29 is 9.53 Å². The van der Waals surface area contributed by atoms with Crippen molar-refractivity contribution >= 4 is 11.7 Å². The van der Waals surface area contributed by atoms with Crippen molar-refractivity contribution in [3.05, 3.63) is 77.0 Å². The van der Waals surface area contributed by atoms with Crippen molar-refractivity contribution in [3.8, 4) is 5.75 Å². The molecule has 0 aliphatic carbocycles. The number of nitrogens with zero attached hydrogens (tertiary/aromatic N) is 5. The number of nitrogens with one attached hydrogen (secondary N) is 1. The van der Waals surface area contributed by atoms with Crippen molar-refractivity contribution in [2.75, 3.05) is 31.6 Å². The molecule has 0 unspecified atom stereocenters. The lowest BCUT2D eigenvalue weighted by atomic mass is 10.0. The number of hydrogen-bond acceptors (Lipinski definition) is 7. The number of likely N-dealkylation sites (tertiary alicyclic amines) is 1. The topological polar surface area (TPSA) is 83.5 Å². The second kappa shape index (κ2) is 11.0. The second-order valence-corrected chi connectivity index (χ2v) is 9.53. The number of carbonyl (C=O) groups excluding carboxylic acids is 1. The molecule has 8 nitrogen and oxygen atoms in total. The third-order valence-electron chi connectivity index (χ3n) is 7.12. The highest BCUT2D eigenvalue weighted by Crippen LogP contribution is 2.35. The normalized spacial score (nSPS) is 17.6. The predicted octanol–water partition coefficient (Wildman–Crippen LogP) is 3.59. The number of carbonyl (C=O) groups is 1. The first kappa shape index (κ1) is 24.2. The summed E-state index contributed by atoms with van der Waals surface area (Å²) in [6.45, 7) is 5.43. The molecule has 2 aliphatic heterocycles. The molecule has 1 atom stereocenters. The van der Waals surface area contributed by atoms with Crippen LogP contribution in [0.5, 0.6) is 5.75 Å². The summed E-state index contributed by atoms with van der Waals surface area (Å²) in [5, 5.41) is 3.00. The predicted molar refractivity (Wildman–Crippen MR) is 139 cm³/mol. The molecule has 4 heterocycles. The van der Waals surface area contributed by atoms with E-state index in [1.165, 1.54) is 5.56 Å². The van der Waals surface area contributed by atoms with E-state index in [1.54, 1.807) is 13.3 Å². The van der Waals surface area contributed by atoms with E-state index in [2.05, 4.69) is 39.2 Å². The Bertz CT molecular complexity index is 1200. The number of pyridine rings is 1. The highest BCUT2D eigenvalue weighted by Gasteiger charge is 2.32. The van der Waals surface area contributed by atoms with Gasteiger partial charge in [0.25, 0.3) is 0 Å². The molecule has 0 bridgehead atoms. The van der Waals surface area contributed by atoms with Crippen LogP contribution in [0.4, 0.5) is 5.82 Å². The monoisotopic (exact) mass is 486 g/mol. The Kier molecular flexibility index (Phi) is 7.41. The number of aromatic nitrogens is 3. The van der Waals surface area contributed by atoms with Crippen LogP contribution in [0.1, 0.15) is 53.6 Å². The molecule has 1 aromatic carbocycles. The molecule has 2 aliphatic rings. The van der Waals surface area contributed by atoms with Crippen LogP contribution in [-0.4, -0.2) is 52.5 Å². The number of ether oxygens (including phenoxy) is 1. The number of fused-ring (bicyclic) bond motifs is 1. The molecule has 188 valence electrons. The molecule has 0 radical (unpaired) electrons. The summed E-state index contributed by atoms with van der Waals surface area (Å²) in [7, 11) is 1.72. The number of hydrogen-bond donors (Lipinski definition) is 1. The lowest BCUT2D eigenvalue weighted by molar-refractivity contribution is -0.122. The van der Waals surface area contributed by atoms with Crippen molar-refractivity contribution in [2.45, 2.75) is 51.7 Å². The van der Waals surface area contributed by atoms with E-state index in [-0.39, 0.29) is 11.9 Å². The largest absolute Gasteiger partial charge is 0.496 e. The molecular formula is C28H34N6O2. The Labute approximate surface area is 212 Å². The van der Waals surface area contributed by atoms with Gasteiger partial charge in [-0.1, -0.05) is 24.3 Å². The maximum atomic E-state index is 12.7. The van der Waals surface area contributed by atoms with E-state index in [4.69, 9.17) is 14.7 Å². The van der Waals surface area contributed by atoms with Crippen LogP contribution in [0.25, 0.3) is 0 Å². The smallest absolute Gasteiger partial charge is 0.234 e. The summed E-state index contributed by atoms with van der Waals surface area (Å²) in [6.07, 6.45) is 5.80. The fraction of sp³-hybridized carbons (Fsp3) is 0.429. The average Bonchev–Trinajstić information content (AvgIpc) is 3.37. The lowest BCUT2D eigenvalue weighted by Gasteiger charge is -2.32. The van der Waals surface area contributed by atoms with Gasteiger partial charge in [-0.15, -0.1) is 0 Å². The molecule has 2 aromatic heterocycles. The number of methoxy groups -OCH3 is 1. The van der Waals surface area contributed by atoms with Crippen LogP contribution in [0.2, 0.25) is 0 Å². The number of anilines is 1. The molecule has 1 fully saturated rings. The average molecular weight is 487 g/mol. The molecule has 36 heavy (non-hydrogen) atoms. The molecule has 3 aromatic rings. The zero-order chi connectivity index (χ0) is 24.9. The van der Waals surface area contributed by atoms with Gasteiger partial charge in [-0.25, -0.2) is 9.97 Å². The maximum Gasteiger partial charge on any atom is 0.234 e. The summed E-state index contributed by atoms with van der Waals surface area (Å²) < 4.78 is 5.59. The molecule has 8 heteroatoms. The van der Waals surface area contributed by atoms with Crippen molar-refractivity contribution in [1.29, 1.82) is 0 Å². The van der Waals surface area contributed by atoms with E-state index in [9.17, 15) is 4.79 Å². The number of amides is 1. The van der Waals surface area contributed by atoms with Crippen molar-refractivity contribution in [3.63, 3.8) is 0 Å². The van der Waals surface area contributed by atoms with Crippen molar-refractivity contribution in [1.82, 2.24) is 25.2 Å². The molecule has 0 spiro atoms. The van der Waals surface area contributed by atoms with Gasteiger partial charge in [-0.2, -0.15) is 0 Å². The van der Waals surface area contributed by atoms with Gasteiger partial charge in [0, 0.05) is 36.1 Å². The first-order chi connectivity index (χ1) is 17.6. The number of benzene rings is 1. The van der Waals surface area contributed by atoms with E-state index >= 15 is 0 Å². The Hall–Kier alpha value is -3.52. The second-order valence-electron chi connectivity index (χ2n) is 9.53.